The largest absolute Gasteiger partial charge is 0.370 e. The van der Waals surface area contributed by atoms with Gasteiger partial charge in [0, 0.05) is 6.54 Å². The van der Waals surface area contributed by atoms with Gasteiger partial charge in [-0.15, -0.1) is 0 Å². The molecule has 0 spiro atoms. The van der Waals surface area contributed by atoms with E-state index in [4.69, 9.17) is 11.1 Å². The quantitative estimate of drug-likeness (QED) is 0.193. The van der Waals surface area contributed by atoms with Crippen molar-refractivity contribution < 1.29 is 4.79 Å². The third kappa shape index (κ3) is 5.19. The van der Waals surface area contributed by atoms with Crippen molar-refractivity contribution in [2.45, 2.75) is 25.3 Å². The van der Waals surface area contributed by atoms with Crippen molar-refractivity contribution in [2.75, 3.05) is 13.6 Å². The summed E-state index contributed by atoms with van der Waals surface area (Å²) in [6, 6.07) is 0. The van der Waals surface area contributed by atoms with Gasteiger partial charge in [-0.1, -0.05) is 0 Å². The fourth-order valence-electron chi connectivity index (χ4n) is 0.922. The summed E-state index contributed by atoms with van der Waals surface area (Å²) < 4.78 is 0. The van der Waals surface area contributed by atoms with Gasteiger partial charge in [0.15, 0.2) is 5.96 Å². The van der Waals surface area contributed by atoms with Crippen LogP contribution in [0.25, 0.3) is 0 Å². The van der Waals surface area contributed by atoms with Gasteiger partial charge in [0.05, 0.1) is 5.54 Å². The first-order chi connectivity index (χ1) is 6.04. The molecule has 1 atom stereocenters. The Hall–Kier alpha value is -1.10. The number of nitrogens with one attached hydrogen (secondary N) is 3. The van der Waals surface area contributed by atoms with Crippen LogP contribution in [-0.4, -0.2) is 31.4 Å². The molecule has 0 fully saturated rings. The van der Waals surface area contributed by atoms with E-state index in [0.717, 1.165) is 19.1 Å². The summed E-state index contributed by atoms with van der Waals surface area (Å²) in [5.41, 5.74) is 4.63. The van der Waals surface area contributed by atoms with E-state index in [-0.39, 0.29) is 5.96 Å². The highest BCUT2D eigenvalue weighted by molar-refractivity contribution is 5.74. The number of hydrogen-bond donors (Lipinski definition) is 4. The van der Waals surface area contributed by atoms with E-state index in [1.807, 2.05) is 6.92 Å². The van der Waals surface area contributed by atoms with Crippen molar-refractivity contribution in [2.24, 2.45) is 5.73 Å². The number of carbonyl (C=O) groups is 1. The Morgan fingerprint density at radius 2 is 2.31 bits per heavy atom. The zero-order chi connectivity index (χ0) is 10.3. The summed E-state index contributed by atoms with van der Waals surface area (Å²) in [6.07, 6.45) is 2.43. The zero-order valence-corrected chi connectivity index (χ0v) is 8.18. The van der Waals surface area contributed by atoms with Gasteiger partial charge in [0.2, 0.25) is 0 Å². The van der Waals surface area contributed by atoms with Crippen LogP contribution in [0.15, 0.2) is 0 Å². The second kappa shape index (κ2) is 5.53. The Labute approximate surface area is 78.6 Å². The second-order valence-electron chi connectivity index (χ2n) is 3.23. The number of hydrogen-bond acceptors (Lipinski definition) is 3. The molecule has 0 aromatic carbocycles. The molecule has 0 aromatic heterocycles. The van der Waals surface area contributed by atoms with E-state index in [0.29, 0.717) is 6.54 Å². The zero-order valence-electron chi connectivity index (χ0n) is 8.18. The fourth-order valence-corrected chi connectivity index (χ4v) is 0.922. The Morgan fingerprint density at radius 1 is 1.69 bits per heavy atom. The van der Waals surface area contributed by atoms with Gasteiger partial charge in [-0.05, 0) is 26.8 Å². The molecular weight excluding hydrogens is 168 g/mol. The van der Waals surface area contributed by atoms with Crippen LogP contribution in [0.3, 0.4) is 0 Å². The molecule has 0 saturated carbocycles. The first kappa shape index (κ1) is 11.9. The molecule has 0 bridgehead atoms. The standard InChI is InChI=1S/C8H18N4O/c1-8(6-13,11-2)4-3-5-12-7(9)10/h6,11H,3-5H2,1-2H3,(H4,9,10,12). The molecule has 5 N–H and O–H groups in total. The summed E-state index contributed by atoms with van der Waals surface area (Å²) in [5.74, 6) is -0.0303. The van der Waals surface area contributed by atoms with E-state index in [9.17, 15) is 4.79 Å². The lowest BCUT2D eigenvalue weighted by Gasteiger charge is -2.21. The summed E-state index contributed by atoms with van der Waals surface area (Å²) in [4.78, 5) is 10.6. The molecule has 0 aliphatic rings. The molecule has 0 saturated heterocycles. The normalized spacial score (nSPS) is 14.6. The summed E-state index contributed by atoms with van der Waals surface area (Å²) >= 11 is 0. The number of aldehydes is 1. The van der Waals surface area contributed by atoms with Crippen LogP contribution in [0.4, 0.5) is 0 Å². The number of carbonyl (C=O) groups excluding carboxylic acids is 1. The number of guanidine groups is 1. The van der Waals surface area contributed by atoms with Crippen LogP contribution in [-0.2, 0) is 4.79 Å². The molecule has 0 aromatic rings. The van der Waals surface area contributed by atoms with Gasteiger partial charge in [-0.2, -0.15) is 0 Å². The Balaban J connectivity index is 3.61. The van der Waals surface area contributed by atoms with E-state index < -0.39 is 5.54 Å². The van der Waals surface area contributed by atoms with Crippen LogP contribution in [0.2, 0.25) is 0 Å². The van der Waals surface area contributed by atoms with Crippen LogP contribution in [0, 0.1) is 5.41 Å². The fraction of sp³-hybridized carbons (Fsp3) is 0.750. The average molecular weight is 186 g/mol. The van der Waals surface area contributed by atoms with E-state index in [1.54, 1.807) is 7.05 Å². The van der Waals surface area contributed by atoms with Crippen molar-refractivity contribution in [3.8, 4) is 0 Å². The molecule has 0 rings (SSSR count). The Kier molecular flexibility index (Phi) is 5.06. The molecule has 0 amide bonds. The van der Waals surface area contributed by atoms with Gasteiger partial charge in [0.25, 0.3) is 0 Å². The van der Waals surface area contributed by atoms with Crippen molar-refractivity contribution in [3.63, 3.8) is 0 Å². The van der Waals surface area contributed by atoms with E-state index in [1.165, 1.54) is 0 Å². The van der Waals surface area contributed by atoms with Gasteiger partial charge in [-0.3, -0.25) is 5.41 Å². The number of rotatable bonds is 6. The lowest BCUT2D eigenvalue weighted by atomic mass is 9.98. The Bertz CT molecular complexity index is 183. The van der Waals surface area contributed by atoms with Crippen LogP contribution >= 0.6 is 0 Å². The molecular formula is C8H18N4O. The first-order valence-corrected chi connectivity index (χ1v) is 4.27. The highest BCUT2D eigenvalue weighted by Crippen LogP contribution is 2.07. The molecule has 0 aliphatic heterocycles. The topological polar surface area (TPSA) is 91.0 Å². The maximum atomic E-state index is 10.6. The van der Waals surface area contributed by atoms with Crippen molar-refractivity contribution >= 4 is 12.2 Å². The number of likely N-dealkylation sites (N-methyl/N-ethyl adjacent to an activating group) is 1. The molecule has 76 valence electrons. The minimum absolute atomic E-state index is 0.0303. The number of nitrogens with two attached hydrogens (primary N) is 1. The predicted octanol–water partition coefficient (Wildman–Crippen LogP) is -0.573. The van der Waals surface area contributed by atoms with Gasteiger partial charge in [-0.25, -0.2) is 0 Å². The molecule has 1 unspecified atom stereocenters. The van der Waals surface area contributed by atoms with Gasteiger partial charge in [0.1, 0.15) is 6.29 Å². The summed E-state index contributed by atoms with van der Waals surface area (Å²) in [6.45, 7) is 2.47. The SMILES string of the molecule is CNC(C)(C=O)CCCNC(=N)N. The lowest BCUT2D eigenvalue weighted by molar-refractivity contribution is -0.112. The maximum Gasteiger partial charge on any atom is 0.185 e. The molecule has 0 aliphatic carbocycles. The third-order valence-corrected chi connectivity index (χ3v) is 2.02. The molecule has 5 nitrogen and oxygen atoms in total. The van der Waals surface area contributed by atoms with Crippen LogP contribution < -0.4 is 16.4 Å². The minimum atomic E-state index is -0.460. The molecule has 0 heterocycles. The first-order valence-electron chi connectivity index (χ1n) is 4.27. The smallest absolute Gasteiger partial charge is 0.185 e. The van der Waals surface area contributed by atoms with Gasteiger partial charge < -0.3 is 21.2 Å². The van der Waals surface area contributed by atoms with Crippen LogP contribution in [0.1, 0.15) is 19.8 Å². The predicted molar refractivity (Wildman–Crippen MR) is 52.7 cm³/mol. The lowest BCUT2D eigenvalue weighted by Crippen LogP contribution is -2.42. The van der Waals surface area contributed by atoms with Crippen molar-refractivity contribution in [1.82, 2.24) is 10.6 Å². The summed E-state index contributed by atoms with van der Waals surface area (Å²) in [7, 11) is 1.76. The van der Waals surface area contributed by atoms with Crippen molar-refractivity contribution in [1.29, 1.82) is 5.41 Å². The molecule has 5 heteroatoms. The Morgan fingerprint density at radius 3 is 2.69 bits per heavy atom. The minimum Gasteiger partial charge on any atom is -0.370 e. The molecule has 13 heavy (non-hydrogen) atoms. The second-order valence-corrected chi connectivity index (χ2v) is 3.23. The van der Waals surface area contributed by atoms with Crippen LogP contribution in [0.5, 0.6) is 0 Å². The summed E-state index contributed by atoms with van der Waals surface area (Å²) in [5, 5.41) is 12.5. The van der Waals surface area contributed by atoms with E-state index in [2.05, 4.69) is 10.6 Å². The highest BCUT2D eigenvalue weighted by atomic mass is 16.1. The third-order valence-electron chi connectivity index (χ3n) is 2.02. The van der Waals surface area contributed by atoms with E-state index >= 15 is 0 Å². The van der Waals surface area contributed by atoms with Crippen molar-refractivity contribution in [3.05, 3.63) is 0 Å². The highest BCUT2D eigenvalue weighted by Gasteiger charge is 2.19. The average Bonchev–Trinajstić information content (AvgIpc) is 2.12. The van der Waals surface area contributed by atoms with Gasteiger partial charge >= 0.3 is 0 Å². The molecule has 0 radical (unpaired) electrons. The maximum absolute atomic E-state index is 10.6. The monoisotopic (exact) mass is 186 g/mol.